The van der Waals surface area contributed by atoms with Crippen molar-refractivity contribution in [3.8, 4) is 0 Å². The summed E-state index contributed by atoms with van der Waals surface area (Å²) in [6.07, 6.45) is 0.647. The molecule has 0 radical (unpaired) electrons. The van der Waals surface area contributed by atoms with Gasteiger partial charge in [0, 0.05) is 18.8 Å². The number of anilines is 1. The minimum absolute atomic E-state index is 0.00256. The Kier molecular flexibility index (Phi) is 6.11. The minimum atomic E-state index is -3.23. The number of nitrogens with two attached hydrogens (primary N) is 1. The van der Waals surface area contributed by atoms with Gasteiger partial charge in [-0.1, -0.05) is 12.1 Å². The first kappa shape index (κ1) is 14.9. The summed E-state index contributed by atoms with van der Waals surface area (Å²) in [5.74, 6) is 0.00256. The highest BCUT2D eigenvalue weighted by Crippen LogP contribution is 2.05. The number of nitrogen functional groups attached to an aromatic ring is 1. The fraction of sp³-hybridized carbons (Fsp3) is 0.500. The molecule has 0 saturated carbocycles. The zero-order valence-corrected chi connectivity index (χ0v) is 11.4. The summed E-state index contributed by atoms with van der Waals surface area (Å²) >= 11 is 0. The molecule has 102 valence electrons. The zero-order valence-electron chi connectivity index (χ0n) is 10.6. The van der Waals surface area contributed by atoms with Gasteiger partial charge >= 0.3 is 0 Å². The van der Waals surface area contributed by atoms with E-state index in [0.29, 0.717) is 25.3 Å². The van der Waals surface area contributed by atoms with E-state index in [1.807, 2.05) is 19.1 Å². The van der Waals surface area contributed by atoms with Gasteiger partial charge in [0.05, 0.1) is 12.4 Å². The molecule has 1 rings (SSSR count). The molecule has 1 aromatic carbocycles. The van der Waals surface area contributed by atoms with E-state index in [2.05, 4.69) is 4.72 Å². The second-order valence-electron chi connectivity index (χ2n) is 3.90. The van der Waals surface area contributed by atoms with E-state index in [1.54, 1.807) is 12.1 Å². The molecule has 0 aromatic heterocycles. The molecule has 0 bridgehead atoms. The van der Waals surface area contributed by atoms with Gasteiger partial charge < -0.3 is 10.5 Å². The number of benzene rings is 1. The summed E-state index contributed by atoms with van der Waals surface area (Å²) in [7, 11) is -3.23. The predicted octanol–water partition coefficient (Wildman–Crippen LogP) is 0.767. The van der Waals surface area contributed by atoms with Gasteiger partial charge in [0.2, 0.25) is 10.0 Å². The third-order valence-corrected chi connectivity index (χ3v) is 3.76. The number of hydrogen-bond donors (Lipinski definition) is 2. The summed E-state index contributed by atoms with van der Waals surface area (Å²) < 4.78 is 30.6. The van der Waals surface area contributed by atoms with Crippen LogP contribution in [0, 0.1) is 0 Å². The summed E-state index contributed by atoms with van der Waals surface area (Å²) in [5.41, 5.74) is 7.32. The molecule has 0 atom stereocenters. The Morgan fingerprint density at radius 3 is 2.56 bits per heavy atom. The van der Waals surface area contributed by atoms with Crippen LogP contribution in [0.15, 0.2) is 24.3 Å². The molecular weight excluding hydrogens is 252 g/mol. The Hall–Kier alpha value is -1.11. The van der Waals surface area contributed by atoms with Gasteiger partial charge in [-0.3, -0.25) is 0 Å². The highest BCUT2D eigenvalue weighted by molar-refractivity contribution is 7.89. The Labute approximate surface area is 108 Å². The van der Waals surface area contributed by atoms with Crippen LogP contribution in [0.5, 0.6) is 0 Å². The smallest absolute Gasteiger partial charge is 0.213 e. The number of hydrogen-bond acceptors (Lipinski definition) is 4. The van der Waals surface area contributed by atoms with Crippen molar-refractivity contribution in [3.63, 3.8) is 0 Å². The lowest BCUT2D eigenvalue weighted by Crippen LogP contribution is -2.30. The van der Waals surface area contributed by atoms with Gasteiger partial charge in [-0.15, -0.1) is 0 Å². The molecule has 0 fully saturated rings. The standard InChI is InChI=1S/C12H20N2O3S/c1-2-17-9-10-18(15,16)14-8-7-11-3-5-12(13)6-4-11/h3-6,14H,2,7-10,13H2,1H3. The topological polar surface area (TPSA) is 81.4 Å². The molecule has 0 aliphatic rings. The molecule has 1 aromatic rings. The van der Waals surface area contributed by atoms with Crippen molar-refractivity contribution in [2.24, 2.45) is 0 Å². The van der Waals surface area contributed by atoms with E-state index in [9.17, 15) is 8.42 Å². The molecule has 0 aliphatic carbocycles. The highest BCUT2D eigenvalue weighted by Gasteiger charge is 2.08. The van der Waals surface area contributed by atoms with E-state index in [1.165, 1.54) is 0 Å². The maximum Gasteiger partial charge on any atom is 0.213 e. The Morgan fingerprint density at radius 1 is 1.28 bits per heavy atom. The lowest BCUT2D eigenvalue weighted by atomic mass is 10.1. The van der Waals surface area contributed by atoms with Crippen molar-refractivity contribution in [2.45, 2.75) is 13.3 Å². The monoisotopic (exact) mass is 272 g/mol. The summed E-state index contributed by atoms with van der Waals surface area (Å²) in [4.78, 5) is 0. The Bertz CT molecular complexity index is 443. The zero-order chi connectivity index (χ0) is 13.4. The molecule has 0 amide bonds. The van der Waals surface area contributed by atoms with Crippen molar-refractivity contribution in [3.05, 3.63) is 29.8 Å². The maximum absolute atomic E-state index is 11.5. The number of sulfonamides is 1. The van der Waals surface area contributed by atoms with Crippen LogP contribution in [0.3, 0.4) is 0 Å². The molecule has 0 saturated heterocycles. The van der Waals surface area contributed by atoms with Gasteiger partial charge in [-0.05, 0) is 31.0 Å². The quantitative estimate of drug-likeness (QED) is 0.541. The molecular formula is C12H20N2O3S. The van der Waals surface area contributed by atoms with Gasteiger partial charge in [-0.25, -0.2) is 13.1 Å². The van der Waals surface area contributed by atoms with Gasteiger partial charge in [0.25, 0.3) is 0 Å². The fourth-order valence-electron chi connectivity index (χ4n) is 1.42. The molecule has 0 heterocycles. The normalized spacial score (nSPS) is 11.6. The summed E-state index contributed by atoms with van der Waals surface area (Å²) in [5, 5.41) is 0. The number of nitrogens with one attached hydrogen (secondary N) is 1. The Balaban J connectivity index is 2.30. The van der Waals surface area contributed by atoms with Crippen molar-refractivity contribution in [1.29, 1.82) is 0 Å². The van der Waals surface area contributed by atoms with E-state index in [-0.39, 0.29) is 12.4 Å². The average molecular weight is 272 g/mol. The third kappa shape index (κ3) is 6.00. The highest BCUT2D eigenvalue weighted by atomic mass is 32.2. The van der Waals surface area contributed by atoms with E-state index < -0.39 is 10.0 Å². The van der Waals surface area contributed by atoms with Crippen LogP contribution in [0.2, 0.25) is 0 Å². The van der Waals surface area contributed by atoms with E-state index >= 15 is 0 Å². The molecule has 0 spiro atoms. The molecule has 3 N–H and O–H groups in total. The SMILES string of the molecule is CCOCCS(=O)(=O)NCCc1ccc(N)cc1. The van der Waals surface area contributed by atoms with Crippen LogP contribution in [0.25, 0.3) is 0 Å². The number of ether oxygens (including phenoxy) is 1. The predicted molar refractivity (Wildman–Crippen MR) is 72.8 cm³/mol. The number of rotatable bonds is 8. The van der Waals surface area contributed by atoms with Crippen LogP contribution in [0.4, 0.5) is 5.69 Å². The second kappa shape index (κ2) is 7.35. The molecule has 0 unspecified atom stereocenters. The fourth-order valence-corrected chi connectivity index (χ4v) is 2.31. The van der Waals surface area contributed by atoms with E-state index in [0.717, 1.165) is 5.56 Å². The first-order chi connectivity index (χ1) is 8.53. The van der Waals surface area contributed by atoms with Crippen LogP contribution in [-0.4, -0.2) is 33.9 Å². The maximum atomic E-state index is 11.5. The van der Waals surface area contributed by atoms with E-state index in [4.69, 9.17) is 10.5 Å². The lowest BCUT2D eigenvalue weighted by Gasteiger charge is -2.07. The molecule has 18 heavy (non-hydrogen) atoms. The average Bonchev–Trinajstić information content (AvgIpc) is 2.32. The van der Waals surface area contributed by atoms with Crippen molar-refractivity contribution >= 4 is 15.7 Å². The Morgan fingerprint density at radius 2 is 1.94 bits per heavy atom. The molecule has 0 aliphatic heterocycles. The lowest BCUT2D eigenvalue weighted by molar-refractivity contribution is 0.163. The van der Waals surface area contributed by atoms with Crippen molar-refractivity contribution in [1.82, 2.24) is 4.72 Å². The first-order valence-electron chi connectivity index (χ1n) is 5.93. The summed E-state index contributed by atoms with van der Waals surface area (Å²) in [6.45, 7) is 2.98. The van der Waals surface area contributed by atoms with Crippen molar-refractivity contribution in [2.75, 3.05) is 31.2 Å². The van der Waals surface area contributed by atoms with Crippen LogP contribution < -0.4 is 10.5 Å². The minimum Gasteiger partial charge on any atom is -0.399 e. The summed E-state index contributed by atoms with van der Waals surface area (Å²) in [6, 6.07) is 7.39. The molecule has 6 heteroatoms. The third-order valence-electron chi connectivity index (χ3n) is 2.42. The first-order valence-corrected chi connectivity index (χ1v) is 7.58. The van der Waals surface area contributed by atoms with Crippen LogP contribution >= 0.6 is 0 Å². The van der Waals surface area contributed by atoms with Gasteiger partial charge in [-0.2, -0.15) is 0 Å². The van der Waals surface area contributed by atoms with Crippen molar-refractivity contribution < 1.29 is 13.2 Å². The van der Waals surface area contributed by atoms with Crippen LogP contribution in [0.1, 0.15) is 12.5 Å². The second-order valence-corrected chi connectivity index (χ2v) is 5.83. The molecule has 5 nitrogen and oxygen atoms in total. The van der Waals surface area contributed by atoms with Gasteiger partial charge in [0.1, 0.15) is 0 Å². The largest absolute Gasteiger partial charge is 0.399 e. The van der Waals surface area contributed by atoms with Gasteiger partial charge in [0.15, 0.2) is 0 Å². The van der Waals surface area contributed by atoms with Crippen LogP contribution in [-0.2, 0) is 21.2 Å².